The van der Waals surface area contributed by atoms with E-state index in [2.05, 4.69) is 46.8 Å². The van der Waals surface area contributed by atoms with Gasteiger partial charge in [-0.05, 0) is 31.0 Å². The average molecular weight is 297 g/mol. The SMILES string of the molecule is Cc1ccc(CN=C(NCCCO)Nc2ccccc2)cc1. The Balaban J connectivity index is 2.02. The average Bonchev–Trinajstić information content (AvgIpc) is 2.55. The molecular formula is C18H23N3O. The summed E-state index contributed by atoms with van der Waals surface area (Å²) >= 11 is 0. The molecule has 2 aromatic carbocycles. The van der Waals surface area contributed by atoms with Crippen LogP contribution in [0.1, 0.15) is 17.5 Å². The van der Waals surface area contributed by atoms with Crippen LogP contribution < -0.4 is 10.6 Å². The van der Waals surface area contributed by atoms with Gasteiger partial charge in [0.1, 0.15) is 0 Å². The Labute approximate surface area is 131 Å². The summed E-state index contributed by atoms with van der Waals surface area (Å²) in [6, 6.07) is 18.3. The number of rotatable bonds is 6. The quantitative estimate of drug-likeness (QED) is 0.436. The molecule has 116 valence electrons. The second-order valence-corrected chi connectivity index (χ2v) is 5.15. The number of aliphatic hydroxyl groups excluding tert-OH is 1. The highest BCUT2D eigenvalue weighted by molar-refractivity contribution is 5.93. The number of aliphatic imine (C=N–C) groups is 1. The van der Waals surface area contributed by atoms with Gasteiger partial charge in [0, 0.05) is 18.8 Å². The third-order valence-corrected chi connectivity index (χ3v) is 3.20. The largest absolute Gasteiger partial charge is 0.396 e. The van der Waals surface area contributed by atoms with Crippen molar-refractivity contribution in [2.75, 3.05) is 18.5 Å². The standard InChI is InChI=1S/C18H23N3O/c1-15-8-10-16(11-9-15)14-20-18(19-12-5-13-22)21-17-6-3-2-4-7-17/h2-4,6-11,22H,5,12-14H2,1H3,(H2,19,20,21). The summed E-state index contributed by atoms with van der Waals surface area (Å²) in [4.78, 5) is 4.60. The monoisotopic (exact) mass is 297 g/mol. The van der Waals surface area contributed by atoms with E-state index < -0.39 is 0 Å². The Bertz CT molecular complexity index is 579. The second kappa shape index (κ2) is 8.85. The first-order valence-electron chi connectivity index (χ1n) is 7.55. The van der Waals surface area contributed by atoms with E-state index in [0.29, 0.717) is 19.5 Å². The highest BCUT2D eigenvalue weighted by atomic mass is 16.3. The summed E-state index contributed by atoms with van der Waals surface area (Å²) < 4.78 is 0. The van der Waals surface area contributed by atoms with Crippen molar-refractivity contribution in [1.82, 2.24) is 5.32 Å². The maximum atomic E-state index is 8.90. The first-order valence-corrected chi connectivity index (χ1v) is 7.55. The molecule has 0 aliphatic rings. The Morgan fingerprint density at radius 1 is 1.05 bits per heavy atom. The number of hydrogen-bond donors (Lipinski definition) is 3. The fourth-order valence-corrected chi connectivity index (χ4v) is 1.95. The van der Waals surface area contributed by atoms with Gasteiger partial charge < -0.3 is 15.7 Å². The molecule has 4 nitrogen and oxygen atoms in total. The lowest BCUT2D eigenvalue weighted by atomic mass is 10.1. The Hall–Kier alpha value is -2.33. The number of nitrogens with zero attached hydrogens (tertiary/aromatic N) is 1. The lowest BCUT2D eigenvalue weighted by molar-refractivity contribution is 0.289. The van der Waals surface area contributed by atoms with Crippen LogP contribution in [0.15, 0.2) is 59.6 Å². The molecule has 0 fully saturated rings. The molecule has 0 radical (unpaired) electrons. The molecule has 0 spiro atoms. The van der Waals surface area contributed by atoms with Crippen molar-refractivity contribution < 1.29 is 5.11 Å². The van der Waals surface area contributed by atoms with Gasteiger partial charge in [-0.1, -0.05) is 48.0 Å². The van der Waals surface area contributed by atoms with Crippen molar-refractivity contribution in [1.29, 1.82) is 0 Å². The van der Waals surface area contributed by atoms with Crippen molar-refractivity contribution in [3.8, 4) is 0 Å². The van der Waals surface area contributed by atoms with Crippen LogP contribution in [-0.4, -0.2) is 24.2 Å². The molecule has 0 saturated heterocycles. The van der Waals surface area contributed by atoms with Crippen LogP contribution in [0.2, 0.25) is 0 Å². The van der Waals surface area contributed by atoms with E-state index in [9.17, 15) is 0 Å². The molecule has 0 atom stereocenters. The Kier molecular flexibility index (Phi) is 6.45. The van der Waals surface area contributed by atoms with Crippen molar-refractivity contribution >= 4 is 11.6 Å². The molecule has 0 unspecified atom stereocenters. The van der Waals surface area contributed by atoms with Gasteiger partial charge in [0.05, 0.1) is 6.54 Å². The topological polar surface area (TPSA) is 56.7 Å². The van der Waals surface area contributed by atoms with E-state index in [-0.39, 0.29) is 6.61 Å². The summed E-state index contributed by atoms with van der Waals surface area (Å²) in [6.45, 7) is 3.54. The Morgan fingerprint density at radius 2 is 1.77 bits per heavy atom. The van der Waals surface area contributed by atoms with Crippen molar-refractivity contribution in [3.63, 3.8) is 0 Å². The van der Waals surface area contributed by atoms with Crippen molar-refractivity contribution in [2.45, 2.75) is 19.9 Å². The molecule has 0 bridgehead atoms. The number of nitrogens with one attached hydrogen (secondary N) is 2. The lowest BCUT2D eigenvalue weighted by Gasteiger charge is -2.12. The van der Waals surface area contributed by atoms with E-state index in [1.807, 2.05) is 30.3 Å². The number of aliphatic hydroxyl groups is 1. The molecule has 4 heteroatoms. The molecule has 2 aromatic rings. The van der Waals surface area contributed by atoms with Gasteiger partial charge in [-0.2, -0.15) is 0 Å². The molecule has 22 heavy (non-hydrogen) atoms. The summed E-state index contributed by atoms with van der Waals surface area (Å²) in [6.07, 6.45) is 0.694. The van der Waals surface area contributed by atoms with E-state index >= 15 is 0 Å². The summed E-state index contributed by atoms with van der Waals surface area (Å²) in [5.41, 5.74) is 3.40. The van der Waals surface area contributed by atoms with Gasteiger partial charge in [-0.3, -0.25) is 0 Å². The van der Waals surface area contributed by atoms with Crippen LogP contribution in [0, 0.1) is 6.92 Å². The molecular weight excluding hydrogens is 274 g/mol. The molecule has 0 amide bonds. The van der Waals surface area contributed by atoms with E-state index in [4.69, 9.17) is 5.11 Å². The smallest absolute Gasteiger partial charge is 0.196 e. The van der Waals surface area contributed by atoms with Crippen LogP contribution in [0.4, 0.5) is 5.69 Å². The van der Waals surface area contributed by atoms with Gasteiger partial charge in [-0.15, -0.1) is 0 Å². The molecule has 0 aliphatic heterocycles. The lowest BCUT2D eigenvalue weighted by Crippen LogP contribution is -2.32. The molecule has 0 aromatic heterocycles. The second-order valence-electron chi connectivity index (χ2n) is 5.15. The van der Waals surface area contributed by atoms with Gasteiger partial charge in [-0.25, -0.2) is 4.99 Å². The predicted octanol–water partition coefficient (Wildman–Crippen LogP) is 2.94. The van der Waals surface area contributed by atoms with Crippen molar-refractivity contribution in [3.05, 3.63) is 65.7 Å². The first kappa shape index (κ1) is 16.0. The zero-order valence-corrected chi connectivity index (χ0v) is 12.9. The van der Waals surface area contributed by atoms with Crippen LogP contribution in [0.25, 0.3) is 0 Å². The van der Waals surface area contributed by atoms with Gasteiger partial charge in [0.2, 0.25) is 0 Å². The molecule has 0 saturated carbocycles. The highest BCUT2D eigenvalue weighted by Gasteiger charge is 2.00. The highest BCUT2D eigenvalue weighted by Crippen LogP contribution is 2.07. The van der Waals surface area contributed by atoms with Crippen molar-refractivity contribution in [2.24, 2.45) is 4.99 Å². The minimum atomic E-state index is 0.170. The van der Waals surface area contributed by atoms with Gasteiger partial charge in [0.15, 0.2) is 5.96 Å². The number of hydrogen-bond acceptors (Lipinski definition) is 2. The van der Waals surface area contributed by atoms with Crippen LogP contribution in [0.3, 0.4) is 0 Å². The number of anilines is 1. The minimum absolute atomic E-state index is 0.170. The zero-order chi connectivity index (χ0) is 15.6. The van der Waals surface area contributed by atoms with E-state index in [0.717, 1.165) is 11.6 Å². The zero-order valence-electron chi connectivity index (χ0n) is 12.9. The third kappa shape index (κ3) is 5.58. The molecule has 0 heterocycles. The van der Waals surface area contributed by atoms with Crippen LogP contribution in [-0.2, 0) is 6.54 Å². The predicted molar refractivity (Wildman–Crippen MR) is 92.1 cm³/mol. The number of aryl methyl sites for hydroxylation is 1. The Morgan fingerprint density at radius 3 is 2.45 bits per heavy atom. The van der Waals surface area contributed by atoms with Gasteiger partial charge >= 0.3 is 0 Å². The maximum Gasteiger partial charge on any atom is 0.196 e. The van der Waals surface area contributed by atoms with E-state index in [1.165, 1.54) is 11.1 Å². The molecule has 2 rings (SSSR count). The number of guanidine groups is 1. The maximum absolute atomic E-state index is 8.90. The van der Waals surface area contributed by atoms with Gasteiger partial charge in [0.25, 0.3) is 0 Å². The molecule has 3 N–H and O–H groups in total. The fourth-order valence-electron chi connectivity index (χ4n) is 1.95. The number of benzene rings is 2. The van der Waals surface area contributed by atoms with Crippen LogP contribution in [0.5, 0.6) is 0 Å². The summed E-state index contributed by atoms with van der Waals surface area (Å²) in [7, 11) is 0. The first-order chi connectivity index (χ1) is 10.8. The van der Waals surface area contributed by atoms with Crippen LogP contribution >= 0.6 is 0 Å². The fraction of sp³-hybridized carbons (Fsp3) is 0.278. The number of para-hydroxylation sites is 1. The summed E-state index contributed by atoms with van der Waals surface area (Å²) in [5.74, 6) is 0.722. The minimum Gasteiger partial charge on any atom is -0.396 e. The summed E-state index contributed by atoms with van der Waals surface area (Å²) in [5, 5.41) is 15.4. The van der Waals surface area contributed by atoms with E-state index in [1.54, 1.807) is 0 Å². The third-order valence-electron chi connectivity index (χ3n) is 3.20. The molecule has 0 aliphatic carbocycles. The normalized spacial score (nSPS) is 11.3.